The largest absolute Gasteiger partial charge is 0.497 e. The Morgan fingerprint density at radius 1 is 1.00 bits per heavy atom. The summed E-state index contributed by atoms with van der Waals surface area (Å²) in [7, 11) is -2.35. The maximum atomic E-state index is 12.8. The second-order valence-corrected chi connectivity index (χ2v) is 8.77. The Kier molecular flexibility index (Phi) is 6.34. The molecule has 6 nitrogen and oxygen atoms in total. The van der Waals surface area contributed by atoms with E-state index in [9.17, 15) is 13.2 Å². The maximum Gasteiger partial charge on any atom is 0.261 e. The SMILES string of the molecule is COc1ccc(NS(=O)(=O)c2ccc(C)c(C(=O)Nc3cccc(Cl)c3C)c2)cc1. The second kappa shape index (κ2) is 8.77. The number of nitrogens with one attached hydrogen (secondary N) is 2. The lowest BCUT2D eigenvalue weighted by Crippen LogP contribution is -2.17. The number of amides is 1. The van der Waals surface area contributed by atoms with Crippen molar-refractivity contribution < 1.29 is 17.9 Å². The van der Waals surface area contributed by atoms with Gasteiger partial charge < -0.3 is 10.1 Å². The molecule has 0 spiro atoms. The molecule has 30 heavy (non-hydrogen) atoms. The molecule has 0 heterocycles. The van der Waals surface area contributed by atoms with Crippen LogP contribution in [-0.2, 0) is 10.0 Å². The number of aryl methyl sites for hydroxylation is 1. The first-order valence-corrected chi connectivity index (χ1v) is 10.9. The van der Waals surface area contributed by atoms with Crippen LogP contribution in [0.5, 0.6) is 5.75 Å². The Balaban J connectivity index is 1.87. The number of ether oxygens (including phenoxy) is 1. The summed E-state index contributed by atoms with van der Waals surface area (Å²) in [6.45, 7) is 3.54. The van der Waals surface area contributed by atoms with Crippen molar-refractivity contribution in [2.24, 2.45) is 0 Å². The average molecular weight is 445 g/mol. The number of hydrogen-bond donors (Lipinski definition) is 2. The number of anilines is 2. The van der Waals surface area contributed by atoms with Crippen molar-refractivity contribution in [3.8, 4) is 5.75 Å². The Bertz CT molecular complexity index is 1190. The van der Waals surface area contributed by atoms with Gasteiger partial charge in [-0.15, -0.1) is 0 Å². The third kappa shape index (κ3) is 4.75. The molecule has 2 N–H and O–H groups in total. The molecular weight excluding hydrogens is 424 g/mol. The number of methoxy groups -OCH3 is 1. The van der Waals surface area contributed by atoms with Crippen molar-refractivity contribution in [3.05, 3.63) is 82.4 Å². The van der Waals surface area contributed by atoms with Gasteiger partial charge in [0, 0.05) is 22.0 Å². The first kappa shape index (κ1) is 21.7. The monoisotopic (exact) mass is 444 g/mol. The molecule has 0 bridgehead atoms. The molecular formula is C22H21ClN2O4S. The van der Waals surface area contributed by atoms with Gasteiger partial charge in [-0.25, -0.2) is 8.42 Å². The first-order valence-electron chi connectivity index (χ1n) is 9.05. The summed E-state index contributed by atoms with van der Waals surface area (Å²) < 4.78 is 33.2. The molecule has 0 unspecified atom stereocenters. The van der Waals surface area contributed by atoms with Crippen LogP contribution in [-0.4, -0.2) is 21.4 Å². The fraction of sp³-hybridized carbons (Fsp3) is 0.136. The maximum absolute atomic E-state index is 12.8. The summed E-state index contributed by atoms with van der Waals surface area (Å²) in [6, 6.07) is 16.1. The van der Waals surface area contributed by atoms with E-state index in [0.29, 0.717) is 27.7 Å². The number of benzene rings is 3. The molecule has 0 saturated heterocycles. The van der Waals surface area contributed by atoms with E-state index in [4.69, 9.17) is 16.3 Å². The van der Waals surface area contributed by atoms with E-state index in [0.717, 1.165) is 5.56 Å². The fourth-order valence-corrected chi connectivity index (χ4v) is 4.08. The van der Waals surface area contributed by atoms with Crippen LogP contribution in [0.4, 0.5) is 11.4 Å². The molecule has 0 atom stereocenters. The quantitative estimate of drug-likeness (QED) is 0.559. The topological polar surface area (TPSA) is 84.5 Å². The highest BCUT2D eigenvalue weighted by atomic mass is 35.5. The number of carbonyl (C=O) groups is 1. The minimum Gasteiger partial charge on any atom is -0.497 e. The number of hydrogen-bond acceptors (Lipinski definition) is 4. The molecule has 3 aromatic rings. The van der Waals surface area contributed by atoms with E-state index < -0.39 is 15.9 Å². The van der Waals surface area contributed by atoms with E-state index in [1.54, 1.807) is 62.4 Å². The molecule has 0 aliphatic heterocycles. The molecule has 0 aliphatic rings. The van der Waals surface area contributed by atoms with Crippen LogP contribution in [0.2, 0.25) is 5.02 Å². The molecule has 0 aliphatic carbocycles. The Morgan fingerprint density at radius 2 is 1.70 bits per heavy atom. The van der Waals surface area contributed by atoms with Crippen LogP contribution in [0.25, 0.3) is 0 Å². The highest BCUT2D eigenvalue weighted by Gasteiger charge is 2.19. The molecule has 3 aromatic carbocycles. The van der Waals surface area contributed by atoms with Crippen molar-refractivity contribution in [3.63, 3.8) is 0 Å². The molecule has 1 amide bonds. The zero-order valence-electron chi connectivity index (χ0n) is 16.7. The summed E-state index contributed by atoms with van der Waals surface area (Å²) in [4.78, 5) is 12.8. The minimum atomic E-state index is -3.89. The molecule has 0 saturated carbocycles. The van der Waals surface area contributed by atoms with E-state index in [-0.39, 0.29) is 10.5 Å². The van der Waals surface area contributed by atoms with Crippen molar-refractivity contribution >= 4 is 38.9 Å². The van der Waals surface area contributed by atoms with Crippen LogP contribution in [0.3, 0.4) is 0 Å². The number of sulfonamides is 1. The van der Waals surface area contributed by atoms with Crippen LogP contribution in [0.1, 0.15) is 21.5 Å². The third-order valence-electron chi connectivity index (χ3n) is 4.62. The van der Waals surface area contributed by atoms with Crippen LogP contribution < -0.4 is 14.8 Å². The van der Waals surface area contributed by atoms with E-state index in [1.165, 1.54) is 19.2 Å². The summed E-state index contributed by atoms with van der Waals surface area (Å²) >= 11 is 6.11. The van der Waals surface area contributed by atoms with Crippen molar-refractivity contribution in [2.75, 3.05) is 17.1 Å². The van der Waals surface area contributed by atoms with Crippen molar-refractivity contribution in [1.82, 2.24) is 0 Å². The standard InChI is InChI=1S/C22H21ClN2O4S/c1-14-7-12-18(30(27,28)25-16-8-10-17(29-3)11-9-16)13-19(14)22(26)24-21-6-4-5-20(23)15(21)2/h4-13,25H,1-3H3,(H,24,26). The van der Waals surface area contributed by atoms with Gasteiger partial charge in [0.1, 0.15) is 5.75 Å². The lowest BCUT2D eigenvalue weighted by Gasteiger charge is -2.13. The summed E-state index contributed by atoms with van der Waals surface area (Å²) in [5.74, 6) is 0.197. The van der Waals surface area contributed by atoms with Crippen LogP contribution in [0.15, 0.2) is 65.6 Å². The molecule has 0 aromatic heterocycles. The molecule has 3 rings (SSSR count). The van der Waals surface area contributed by atoms with Gasteiger partial charge in [0.2, 0.25) is 0 Å². The average Bonchev–Trinajstić information content (AvgIpc) is 2.72. The summed E-state index contributed by atoms with van der Waals surface area (Å²) in [5.41, 5.74) is 2.59. The Hall–Kier alpha value is -3.03. The minimum absolute atomic E-state index is 0.0168. The molecule has 0 radical (unpaired) electrons. The summed E-state index contributed by atoms with van der Waals surface area (Å²) in [5, 5.41) is 3.33. The second-order valence-electron chi connectivity index (χ2n) is 6.68. The van der Waals surface area contributed by atoms with Gasteiger partial charge in [-0.2, -0.15) is 0 Å². The zero-order valence-corrected chi connectivity index (χ0v) is 18.3. The number of halogens is 1. The zero-order chi connectivity index (χ0) is 21.9. The predicted molar refractivity (Wildman–Crippen MR) is 119 cm³/mol. The van der Waals surface area contributed by atoms with Crippen molar-refractivity contribution in [1.29, 1.82) is 0 Å². The van der Waals surface area contributed by atoms with Gasteiger partial charge in [0.25, 0.3) is 15.9 Å². The Labute approximate surface area is 180 Å². The van der Waals surface area contributed by atoms with Crippen LogP contribution >= 0.6 is 11.6 Å². The van der Waals surface area contributed by atoms with E-state index in [1.807, 2.05) is 0 Å². The number of rotatable bonds is 6. The first-order chi connectivity index (χ1) is 14.2. The lowest BCUT2D eigenvalue weighted by atomic mass is 10.1. The lowest BCUT2D eigenvalue weighted by molar-refractivity contribution is 0.102. The van der Waals surface area contributed by atoms with Gasteiger partial charge in [0.15, 0.2) is 0 Å². The van der Waals surface area contributed by atoms with Crippen molar-refractivity contribution in [2.45, 2.75) is 18.7 Å². The fourth-order valence-electron chi connectivity index (χ4n) is 2.82. The van der Waals surface area contributed by atoms with Gasteiger partial charge in [-0.1, -0.05) is 23.7 Å². The van der Waals surface area contributed by atoms with Gasteiger partial charge >= 0.3 is 0 Å². The van der Waals surface area contributed by atoms with E-state index in [2.05, 4.69) is 10.0 Å². The van der Waals surface area contributed by atoms with Gasteiger partial charge in [-0.3, -0.25) is 9.52 Å². The smallest absolute Gasteiger partial charge is 0.261 e. The normalized spacial score (nSPS) is 11.1. The van der Waals surface area contributed by atoms with Crippen LogP contribution in [0, 0.1) is 13.8 Å². The predicted octanol–water partition coefficient (Wildman–Crippen LogP) is 5.02. The molecule has 8 heteroatoms. The van der Waals surface area contributed by atoms with Gasteiger partial charge in [0.05, 0.1) is 12.0 Å². The third-order valence-corrected chi connectivity index (χ3v) is 6.41. The highest BCUT2D eigenvalue weighted by Crippen LogP contribution is 2.25. The van der Waals surface area contributed by atoms with Gasteiger partial charge in [-0.05, 0) is 73.5 Å². The molecule has 156 valence electrons. The highest BCUT2D eigenvalue weighted by molar-refractivity contribution is 7.92. The summed E-state index contributed by atoms with van der Waals surface area (Å²) in [6.07, 6.45) is 0. The van der Waals surface area contributed by atoms with E-state index >= 15 is 0 Å². The molecule has 0 fully saturated rings. The number of carbonyl (C=O) groups excluding carboxylic acids is 1. The Morgan fingerprint density at radius 3 is 2.37 bits per heavy atom.